The van der Waals surface area contributed by atoms with Crippen LogP contribution in [-0.4, -0.2) is 37.4 Å². The SMILES string of the molecule is COC(=O)C(NC(=O)OCc1ccccc1)C1CCOC2(CC2)C1. The molecule has 6 heteroatoms. The summed E-state index contributed by atoms with van der Waals surface area (Å²) in [6, 6.07) is 8.71. The summed E-state index contributed by atoms with van der Waals surface area (Å²) in [5, 5.41) is 2.68. The van der Waals surface area contributed by atoms with Gasteiger partial charge in [0.25, 0.3) is 0 Å². The lowest BCUT2D eigenvalue weighted by Crippen LogP contribution is -2.49. The van der Waals surface area contributed by atoms with Crippen molar-refractivity contribution in [1.29, 1.82) is 0 Å². The second-order valence-corrected chi connectivity index (χ2v) is 6.49. The van der Waals surface area contributed by atoms with Gasteiger partial charge in [0.1, 0.15) is 12.6 Å². The van der Waals surface area contributed by atoms with E-state index in [9.17, 15) is 9.59 Å². The Morgan fingerprint density at radius 3 is 2.75 bits per heavy atom. The average Bonchev–Trinajstić information content (AvgIpc) is 3.36. The summed E-state index contributed by atoms with van der Waals surface area (Å²) >= 11 is 0. The monoisotopic (exact) mass is 333 g/mol. The van der Waals surface area contributed by atoms with Gasteiger partial charge < -0.3 is 19.5 Å². The molecule has 0 bridgehead atoms. The van der Waals surface area contributed by atoms with Gasteiger partial charge in [-0.1, -0.05) is 30.3 Å². The van der Waals surface area contributed by atoms with Crippen LogP contribution in [0.15, 0.2) is 30.3 Å². The maximum Gasteiger partial charge on any atom is 0.408 e. The number of methoxy groups -OCH3 is 1. The first kappa shape index (κ1) is 16.8. The summed E-state index contributed by atoms with van der Waals surface area (Å²) in [4.78, 5) is 24.2. The maximum atomic E-state index is 12.1. The predicted molar refractivity (Wildman–Crippen MR) is 86.2 cm³/mol. The Kier molecular flexibility index (Phi) is 5.04. The fourth-order valence-corrected chi connectivity index (χ4v) is 3.23. The van der Waals surface area contributed by atoms with Crippen LogP contribution in [0.5, 0.6) is 0 Å². The fraction of sp³-hybridized carbons (Fsp3) is 0.556. The van der Waals surface area contributed by atoms with Crippen LogP contribution in [-0.2, 0) is 25.6 Å². The van der Waals surface area contributed by atoms with Crippen LogP contribution >= 0.6 is 0 Å². The number of esters is 1. The highest BCUT2D eigenvalue weighted by atomic mass is 16.6. The molecule has 1 saturated carbocycles. The van der Waals surface area contributed by atoms with Crippen molar-refractivity contribution in [2.24, 2.45) is 5.92 Å². The number of carbonyl (C=O) groups is 2. The average molecular weight is 333 g/mol. The minimum atomic E-state index is -0.695. The second-order valence-electron chi connectivity index (χ2n) is 6.49. The van der Waals surface area contributed by atoms with Crippen molar-refractivity contribution in [2.45, 2.75) is 43.9 Å². The Morgan fingerprint density at radius 1 is 1.33 bits per heavy atom. The Hall–Kier alpha value is -2.08. The molecule has 1 heterocycles. The van der Waals surface area contributed by atoms with Gasteiger partial charge in [-0.3, -0.25) is 0 Å². The lowest BCUT2D eigenvalue weighted by Gasteiger charge is -2.33. The van der Waals surface area contributed by atoms with E-state index in [4.69, 9.17) is 14.2 Å². The van der Waals surface area contributed by atoms with Crippen molar-refractivity contribution in [3.63, 3.8) is 0 Å². The van der Waals surface area contributed by atoms with E-state index < -0.39 is 18.1 Å². The molecule has 1 spiro atoms. The number of ether oxygens (including phenoxy) is 3. The van der Waals surface area contributed by atoms with Gasteiger partial charge in [-0.2, -0.15) is 0 Å². The molecule has 1 N–H and O–H groups in total. The van der Waals surface area contributed by atoms with Crippen molar-refractivity contribution >= 4 is 12.1 Å². The topological polar surface area (TPSA) is 73.9 Å². The lowest BCUT2D eigenvalue weighted by molar-refractivity contribution is -0.146. The first-order valence-corrected chi connectivity index (χ1v) is 8.31. The smallest absolute Gasteiger partial charge is 0.408 e. The van der Waals surface area contributed by atoms with Gasteiger partial charge >= 0.3 is 12.1 Å². The van der Waals surface area contributed by atoms with E-state index in [2.05, 4.69) is 5.32 Å². The molecule has 130 valence electrons. The molecule has 1 aromatic rings. The van der Waals surface area contributed by atoms with Crippen LogP contribution in [0, 0.1) is 5.92 Å². The molecular formula is C18H23NO5. The maximum absolute atomic E-state index is 12.1. The van der Waals surface area contributed by atoms with Crippen LogP contribution in [0.25, 0.3) is 0 Å². The number of hydrogen-bond donors (Lipinski definition) is 1. The van der Waals surface area contributed by atoms with Crippen LogP contribution in [0.2, 0.25) is 0 Å². The molecule has 1 aliphatic heterocycles. The second kappa shape index (κ2) is 7.21. The van der Waals surface area contributed by atoms with E-state index in [1.807, 2.05) is 30.3 Å². The molecule has 3 rings (SSSR count). The molecule has 0 radical (unpaired) electrons. The highest BCUT2D eigenvalue weighted by molar-refractivity contribution is 5.81. The zero-order valence-electron chi connectivity index (χ0n) is 13.8. The van der Waals surface area contributed by atoms with Crippen molar-refractivity contribution in [3.05, 3.63) is 35.9 Å². The van der Waals surface area contributed by atoms with Gasteiger partial charge in [-0.25, -0.2) is 9.59 Å². The summed E-state index contributed by atoms with van der Waals surface area (Å²) in [7, 11) is 1.33. The minimum absolute atomic E-state index is 0.0120. The van der Waals surface area contributed by atoms with E-state index >= 15 is 0 Å². The molecule has 1 aliphatic carbocycles. The van der Waals surface area contributed by atoms with E-state index in [1.165, 1.54) is 7.11 Å². The summed E-state index contributed by atoms with van der Waals surface area (Å²) in [5.74, 6) is -0.424. The molecule has 1 saturated heterocycles. The molecule has 6 nitrogen and oxygen atoms in total. The van der Waals surface area contributed by atoms with E-state index in [0.717, 1.165) is 31.2 Å². The largest absolute Gasteiger partial charge is 0.467 e. The van der Waals surface area contributed by atoms with Gasteiger partial charge in [-0.15, -0.1) is 0 Å². The molecule has 24 heavy (non-hydrogen) atoms. The number of carbonyl (C=O) groups excluding carboxylic acids is 2. The quantitative estimate of drug-likeness (QED) is 0.838. The predicted octanol–water partition coefficient (Wildman–Crippen LogP) is 2.41. The third-order valence-electron chi connectivity index (χ3n) is 4.75. The standard InChI is InChI=1S/C18H23NO5/c1-22-16(20)15(14-7-10-24-18(11-14)8-9-18)19-17(21)23-12-13-5-3-2-4-6-13/h2-6,14-15H,7-12H2,1H3,(H,19,21). The van der Waals surface area contributed by atoms with E-state index in [1.54, 1.807) is 0 Å². The molecule has 2 unspecified atom stereocenters. The van der Waals surface area contributed by atoms with Gasteiger partial charge in [-0.05, 0) is 37.2 Å². The summed E-state index contributed by atoms with van der Waals surface area (Å²) in [6.45, 7) is 0.775. The Bertz CT molecular complexity index is 584. The number of hydrogen-bond acceptors (Lipinski definition) is 5. The Labute approximate surface area is 141 Å². The molecule has 2 aliphatic rings. The number of nitrogens with one attached hydrogen (secondary N) is 1. The van der Waals surface area contributed by atoms with E-state index in [-0.39, 0.29) is 18.1 Å². The van der Waals surface area contributed by atoms with Crippen molar-refractivity contribution in [1.82, 2.24) is 5.32 Å². The molecule has 2 atom stereocenters. The van der Waals surface area contributed by atoms with Crippen LogP contribution in [0.4, 0.5) is 4.79 Å². The zero-order valence-corrected chi connectivity index (χ0v) is 13.8. The minimum Gasteiger partial charge on any atom is -0.467 e. The van der Waals surface area contributed by atoms with Crippen molar-refractivity contribution in [2.75, 3.05) is 13.7 Å². The van der Waals surface area contributed by atoms with Gasteiger partial charge in [0.2, 0.25) is 0 Å². The van der Waals surface area contributed by atoms with Gasteiger partial charge in [0.05, 0.1) is 12.7 Å². The van der Waals surface area contributed by atoms with Crippen molar-refractivity contribution in [3.8, 4) is 0 Å². The third kappa shape index (κ3) is 4.06. The summed E-state index contributed by atoms with van der Waals surface area (Å²) < 4.78 is 15.9. The summed E-state index contributed by atoms with van der Waals surface area (Å²) in [5.41, 5.74) is 0.815. The molecule has 1 amide bonds. The third-order valence-corrected chi connectivity index (χ3v) is 4.75. The van der Waals surface area contributed by atoms with Crippen molar-refractivity contribution < 1.29 is 23.8 Å². The van der Waals surface area contributed by atoms with Crippen LogP contribution in [0.1, 0.15) is 31.2 Å². The summed E-state index contributed by atoms with van der Waals surface area (Å²) in [6.07, 6.45) is 2.93. The lowest BCUT2D eigenvalue weighted by atomic mass is 9.87. The number of amides is 1. The zero-order chi connectivity index (χ0) is 17.0. The van der Waals surface area contributed by atoms with Gasteiger partial charge in [0.15, 0.2) is 0 Å². The highest BCUT2D eigenvalue weighted by Crippen LogP contribution is 2.48. The van der Waals surface area contributed by atoms with E-state index in [0.29, 0.717) is 6.61 Å². The molecule has 0 aromatic heterocycles. The first-order chi connectivity index (χ1) is 11.6. The molecule has 1 aromatic carbocycles. The molecule has 2 fully saturated rings. The van der Waals surface area contributed by atoms with Crippen LogP contribution < -0.4 is 5.32 Å². The fourth-order valence-electron chi connectivity index (χ4n) is 3.23. The number of benzene rings is 1. The van der Waals surface area contributed by atoms with Gasteiger partial charge in [0, 0.05) is 6.61 Å². The molecular weight excluding hydrogens is 310 g/mol. The number of alkyl carbamates (subject to hydrolysis) is 1. The Morgan fingerprint density at radius 2 is 2.08 bits per heavy atom. The first-order valence-electron chi connectivity index (χ1n) is 8.31. The normalized spacial score (nSPS) is 22.5. The van der Waals surface area contributed by atoms with Crippen LogP contribution in [0.3, 0.4) is 0 Å². The highest BCUT2D eigenvalue weighted by Gasteiger charge is 2.50. The number of rotatable bonds is 5. The Balaban J connectivity index is 1.57.